The molecule has 218 valence electrons. The van der Waals surface area contributed by atoms with E-state index in [1.165, 1.54) is 11.1 Å². The van der Waals surface area contributed by atoms with E-state index in [1.54, 1.807) is 33.5 Å². The number of hydrogen-bond acceptors (Lipinski definition) is 6. The summed E-state index contributed by atoms with van der Waals surface area (Å²) >= 11 is 0. The first-order valence-electron chi connectivity index (χ1n) is 14.1. The molecular formula is C33H42N4O4. The Bertz CT molecular complexity index is 1200. The number of nitrogens with zero attached hydrogens (tertiary/aromatic N) is 2. The van der Waals surface area contributed by atoms with Crippen LogP contribution >= 0.6 is 0 Å². The van der Waals surface area contributed by atoms with Crippen LogP contribution < -0.4 is 24.8 Å². The monoisotopic (exact) mass is 558 g/mol. The lowest BCUT2D eigenvalue weighted by Crippen LogP contribution is -2.45. The van der Waals surface area contributed by atoms with Crippen LogP contribution in [-0.2, 0) is 0 Å². The van der Waals surface area contributed by atoms with E-state index in [0.717, 1.165) is 44.7 Å². The van der Waals surface area contributed by atoms with Crippen LogP contribution in [0, 0.1) is 0 Å². The van der Waals surface area contributed by atoms with Gasteiger partial charge in [-0.1, -0.05) is 67.2 Å². The Morgan fingerprint density at radius 3 is 2.00 bits per heavy atom. The molecule has 0 atom stereocenters. The molecule has 0 radical (unpaired) electrons. The highest BCUT2D eigenvalue weighted by Gasteiger charge is 2.22. The first kappa shape index (κ1) is 30.0. The van der Waals surface area contributed by atoms with Crippen molar-refractivity contribution in [2.24, 2.45) is 0 Å². The fourth-order valence-electron chi connectivity index (χ4n) is 5.30. The van der Waals surface area contributed by atoms with E-state index in [0.29, 0.717) is 36.0 Å². The van der Waals surface area contributed by atoms with Crippen molar-refractivity contribution < 1.29 is 19.0 Å². The van der Waals surface area contributed by atoms with Gasteiger partial charge in [-0.3, -0.25) is 4.90 Å². The first-order valence-corrected chi connectivity index (χ1v) is 14.1. The Hall–Kier alpha value is -4.01. The van der Waals surface area contributed by atoms with Crippen LogP contribution in [-0.4, -0.2) is 83.0 Å². The average Bonchev–Trinajstić information content (AvgIpc) is 3.01. The lowest BCUT2D eigenvalue weighted by molar-refractivity contribution is 0.210. The third-order valence-corrected chi connectivity index (χ3v) is 7.37. The van der Waals surface area contributed by atoms with Gasteiger partial charge in [0.05, 0.1) is 27.0 Å². The molecule has 4 rings (SSSR count). The number of methoxy groups -OCH3 is 3. The predicted octanol–water partition coefficient (Wildman–Crippen LogP) is 5.23. The SMILES string of the molecule is C=C(CN1CCNCC1)CN(CCC(c1ccccc1)c1ccccc1)C(=O)Nc1cc(OC)c(OC)c(OC)c1. The zero-order chi connectivity index (χ0) is 29.0. The second-order valence-corrected chi connectivity index (χ2v) is 10.2. The second-order valence-electron chi connectivity index (χ2n) is 10.2. The molecule has 1 saturated heterocycles. The van der Waals surface area contributed by atoms with Gasteiger partial charge in [0.2, 0.25) is 5.75 Å². The van der Waals surface area contributed by atoms with Crippen molar-refractivity contribution in [3.63, 3.8) is 0 Å². The van der Waals surface area contributed by atoms with Crippen molar-refractivity contribution >= 4 is 11.7 Å². The molecule has 0 spiro atoms. The van der Waals surface area contributed by atoms with E-state index in [4.69, 9.17) is 14.2 Å². The maximum atomic E-state index is 13.8. The van der Waals surface area contributed by atoms with Crippen LogP contribution in [0.3, 0.4) is 0 Å². The summed E-state index contributed by atoms with van der Waals surface area (Å²) in [6.07, 6.45) is 0.762. The lowest BCUT2D eigenvalue weighted by atomic mass is 9.88. The zero-order valence-electron chi connectivity index (χ0n) is 24.4. The summed E-state index contributed by atoms with van der Waals surface area (Å²) in [7, 11) is 4.67. The molecule has 2 amide bonds. The third kappa shape index (κ3) is 8.25. The maximum absolute atomic E-state index is 13.8. The number of carbonyl (C=O) groups excluding carboxylic acids is 1. The van der Waals surface area contributed by atoms with Gasteiger partial charge in [-0.15, -0.1) is 0 Å². The van der Waals surface area contributed by atoms with Crippen LogP contribution in [0.1, 0.15) is 23.5 Å². The van der Waals surface area contributed by atoms with Crippen LogP contribution in [0.2, 0.25) is 0 Å². The number of carbonyl (C=O) groups is 1. The van der Waals surface area contributed by atoms with Crippen LogP contribution in [0.15, 0.2) is 84.9 Å². The molecule has 1 aliphatic rings. The topological polar surface area (TPSA) is 75.3 Å². The number of amides is 2. The average molecular weight is 559 g/mol. The predicted molar refractivity (Wildman–Crippen MR) is 164 cm³/mol. The van der Waals surface area contributed by atoms with Gasteiger partial charge in [-0.25, -0.2) is 4.79 Å². The summed E-state index contributed by atoms with van der Waals surface area (Å²) in [6, 6.07) is 24.2. The van der Waals surface area contributed by atoms with Crippen molar-refractivity contribution in [3.8, 4) is 17.2 Å². The molecule has 8 nitrogen and oxygen atoms in total. The van der Waals surface area contributed by atoms with Crippen molar-refractivity contribution in [2.75, 3.05) is 72.5 Å². The van der Waals surface area contributed by atoms with Gasteiger partial charge in [0.15, 0.2) is 11.5 Å². The standard InChI is InChI=1S/C33H42N4O4/c1-25(23-36-19-16-34-17-20-36)24-37(33(38)35-28-21-30(39-2)32(41-4)31(22-28)40-3)18-15-29(26-11-7-5-8-12-26)27-13-9-6-10-14-27/h5-14,21-22,29,34H,1,15-20,23-24H2,2-4H3,(H,35,38). The van der Waals surface area contributed by atoms with Gasteiger partial charge in [0, 0.05) is 63.9 Å². The number of piperazine rings is 1. The van der Waals surface area contributed by atoms with E-state index in [2.05, 4.69) is 70.6 Å². The first-order chi connectivity index (χ1) is 20.0. The van der Waals surface area contributed by atoms with E-state index in [9.17, 15) is 4.79 Å². The summed E-state index contributed by atoms with van der Waals surface area (Å²) in [4.78, 5) is 18.1. The second kappa shape index (κ2) is 15.1. The number of ether oxygens (including phenoxy) is 3. The molecule has 0 saturated carbocycles. The number of hydrogen-bond donors (Lipinski definition) is 2. The van der Waals surface area contributed by atoms with Crippen molar-refractivity contribution in [3.05, 3.63) is 96.1 Å². The molecule has 0 aromatic heterocycles. The van der Waals surface area contributed by atoms with Gasteiger partial charge in [0.25, 0.3) is 0 Å². The van der Waals surface area contributed by atoms with Crippen molar-refractivity contribution in [1.29, 1.82) is 0 Å². The minimum Gasteiger partial charge on any atom is -0.493 e. The Labute approximate surface area is 243 Å². The number of urea groups is 1. The molecule has 3 aromatic rings. The quantitative estimate of drug-likeness (QED) is 0.280. The lowest BCUT2D eigenvalue weighted by Gasteiger charge is -2.31. The van der Waals surface area contributed by atoms with Crippen molar-refractivity contribution in [1.82, 2.24) is 15.1 Å². The fourth-order valence-corrected chi connectivity index (χ4v) is 5.30. The molecule has 0 bridgehead atoms. The summed E-state index contributed by atoms with van der Waals surface area (Å²) in [5.41, 5.74) is 4.01. The van der Waals surface area contributed by atoms with E-state index in [-0.39, 0.29) is 11.9 Å². The van der Waals surface area contributed by atoms with Gasteiger partial charge in [-0.05, 0) is 23.1 Å². The molecule has 3 aromatic carbocycles. The van der Waals surface area contributed by atoms with Crippen molar-refractivity contribution in [2.45, 2.75) is 12.3 Å². The molecule has 1 fully saturated rings. The van der Waals surface area contributed by atoms with Gasteiger partial charge >= 0.3 is 6.03 Å². The molecule has 8 heteroatoms. The van der Waals surface area contributed by atoms with Gasteiger partial charge in [-0.2, -0.15) is 0 Å². The Morgan fingerprint density at radius 1 is 0.927 bits per heavy atom. The molecular weight excluding hydrogens is 516 g/mol. The van der Waals surface area contributed by atoms with E-state index < -0.39 is 0 Å². The summed E-state index contributed by atoms with van der Waals surface area (Å²) in [5, 5.41) is 6.45. The molecule has 2 N–H and O–H groups in total. The number of benzene rings is 3. The highest BCUT2D eigenvalue weighted by molar-refractivity contribution is 5.90. The zero-order valence-corrected chi connectivity index (χ0v) is 24.4. The largest absolute Gasteiger partial charge is 0.493 e. The highest BCUT2D eigenvalue weighted by Crippen LogP contribution is 2.40. The van der Waals surface area contributed by atoms with Crippen LogP contribution in [0.5, 0.6) is 17.2 Å². The van der Waals surface area contributed by atoms with Gasteiger partial charge < -0.3 is 29.7 Å². The Kier molecular flexibility index (Phi) is 11.0. The maximum Gasteiger partial charge on any atom is 0.322 e. The van der Waals surface area contributed by atoms with E-state index >= 15 is 0 Å². The summed E-state index contributed by atoms with van der Waals surface area (Å²) in [6.45, 7) is 10.0. The number of nitrogens with one attached hydrogen (secondary N) is 2. The highest BCUT2D eigenvalue weighted by atomic mass is 16.5. The molecule has 41 heavy (non-hydrogen) atoms. The van der Waals surface area contributed by atoms with Gasteiger partial charge in [0.1, 0.15) is 0 Å². The minimum atomic E-state index is -0.208. The third-order valence-electron chi connectivity index (χ3n) is 7.37. The summed E-state index contributed by atoms with van der Waals surface area (Å²) in [5.74, 6) is 1.58. The molecule has 0 aliphatic carbocycles. The smallest absolute Gasteiger partial charge is 0.322 e. The molecule has 1 heterocycles. The summed E-state index contributed by atoms with van der Waals surface area (Å²) < 4.78 is 16.4. The fraction of sp³-hybridized carbons (Fsp3) is 0.364. The van der Waals surface area contributed by atoms with Crippen LogP contribution in [0.25, 0.3) is 0 Å². The minimum absolute atomic E-state index is 0.148. The Morgan fingerprint density at radius 2 is 1.49 bits per heavy atom. The molecule has 1 aliphatic heterocycles. The Balaban J connectivity index is 1.56. The number of rotatable bonds is 13. The van der Waals surface area contributed by atoms with E-state index in [1.807, 2.05) is 17.0 Å². The molecule has 0 unspecified atom stereocenters. The van der Waals surface area contributed by atoms with Crippen LogP contribution in [0.4, 0.5) is 10.5 Å². The number of anilines is 1. The normalized spacial score (nSPS) is 13.5.